The van der Waals surface area contributed by atoms with Gasteiger partial charge in [-0.3, -0.25) is 9.59 Å². The molecule has 2 aliphatic heterocycles. The Kier molecular flexibility index (Phi) is 2.83. The van der Waals surface area contributed by atoms with E-state index in [4.69, 9.17) is 0 Å². The number of carbonyl (C=O) groups excluding carboxylic acids is 2. The number of hydrogen-bond donors (Lipinski definition) is 0. The number of piperidine rings is 1. The maximum Gasteiger partial charge on any atom is 0.246 e. The van der Waals surface area contributed by atoms with Crippen LogP contribution >= 0.6 is 0 Å². The average Bonchev–Trinajstić information content (AvgIpc) is 3.20. The van der Waals surface area contributed by atoms with Gasteiger partial charge in [0.15, 0.2) is 0 Å². The molecule has 2 saturated heterocycles. The Morgan fingerprint density at radius 1 is 1.11 bits per heavy atom. The molecule has 1 aliphatic carbocycles. The number of carbonyl (C=O) groups is 2. The van der Waals surface area contributed by atoms with Crippen LogP contribution in [0.3, 0.4) is 0 Å². The molecular formula is C14H22N2O2. The molecular weight excluding hydrogens is 228 g/mol. The summed E-state index contributed by atoms with van der Waals surface area (Å²) in [6, 6.07) is -0.188. The molecule has 4 nitrogen and oxygen atoms in total. The zero-order valence-corrected chi connectivity index (χ0v) is 11.3. The molecule has 0 radical (unpaired) electrons. The first kappa shape index (κ1) is 12.0. The van der Waals surface area contributed by atoms with E-state index in [2.05, 4.69) is 6.92 Å². The van der Waals surface area contributed by atoms with Crippen molar-refractivity contribution in [2.75, 3.05) is 6.54 Å². The molecule has 1 saturated carbocycles. The van der Waals surface area contributed by atoms with E-state index in [9.17, 15) is 9.59 Å². The fourth-order valence-corrected chi connectivity index (χ4v) is 3.53. The molecule has 0 N–H and O–H groups in total. The van der Waals surface area contributed by atoms with Crippen molar-refractivity contribution in [1.82, 2.24) is 9.80 Å². The molecule has 0 spiro atoms. The minimum Gasteiger partial charge on any atom is -0.329 e. The number of amides is 2. The number of fused-ring (bicyclic) bond motifs is 1. The van der Waals surface area contributed by atoms with Crippen LogP contribution in [-0.4, -0.2) is 46.3 Å². The number of piperazine rings is 1. The van der Waals surface area contributed by atoms with Gasteiger partial charge in [0.05, 0.1) is 0 Å². The first-order valence-electron chi connectivity index (χ1n) is 7.24. The van der Waals surface area contributed by atoms with Crippen LogP contribution in [0, 0.1) is 5.92 Å². The lowest BCUT2D eigenvalue weighted by Crippen LogP contribution is -2.66. The average molecular weight is 250 g/mol. The Labute approximate surface area is 108 Å². The van der Waals surface area contributed by atoms with Crippen molar-refractivity contribution in [3.05, 3.63) is 0 Å². The summed E-state index contributed by atoms with van der Waals surface area (Å²) in [4.78, 5) is 28.7. The third-order valence-electron chi connectivity index (χ3n) is 4.84. The summed E-state index contributed by atoms with van der Waals surface area (Å²) in [5.41, 5.74) is 0. The van der Waals surface area contributed by atoms with Gasteiger partial charge >= 0.3 is 0 Å². The smallest absolute Gasteiger partial charge is 0.246 e. The van der Waals surface area contributed by atoms with Crippen LogP contribution in [0.4, 0.5) is 0 Å². The van der Waals surface area contributed by atoms with Crippen LogP contribution < -0.4 is 0 Å². The fraction of sp³-hybridized carbons (Fsp3) is 0.857. The zero-order valence-electron chi connectivity index (χ0n) is 11.3. The molecule has 3 aliphatic rings. The minimum absolute atomic E-state index is 0.159. The summed E-state index contributed by atoms with van der Waals surface area (Å²) in [5.74, 6) is 0.979. The molecule has 3 fully saturated rings. The molecule has 2 heterocycles. The van der Waals surface area contributed by atoms with E-state index < -0.39 is 0 Å². The van der Waals surface area contributed by atoms with Gasteiger partial charge in [-0.2, -0.15) is 0 Å². The molecule has 4 heteroatoms. The van der Waals surface area contributed by atoms with Gasteiger partial charge in [0, 0.05) is 12.6 Å². The van der Waals surface area contributed by atoms with Gasteiger partial charge in [-0.1, -0.05) is 0 Å². The first-order chi connectivity index (χ1) is 8.61. The van der Waals surface area contributed by atoms with Crippen molar-refractivity contribution in [2.45, 2.75) is 64.1 Å². The highest BCUT2D eigenvalue weighted by Crippen LogP contribution is 2.38. The molecule has 0 aromatic carbocycles. The van der Waals surface area contributed by atoms with Crippen LogP contribution in [0.1, 0.15) is 46.0 Å². The van der Waals surface area contributed by atoms with Crippen LogP contribution in [0.5, 0.6) is 0 Å². The summed E-state index contributed by atoms with van der Waals surface area (Å²) in [6.07, 6.45) is 5.38. The van der Waals surface area contributed by atoms with Crippen molar-refractivity contribution < 1.29 is 9.59 Å². The molecule has 2 amide bonds. The molecule has 0 aromatic heterocycles. The largest absolute Gasteiger partial charge is 0.329 e. The first-order valence-corrected chi connectivity index (χ1v) is 7.24. The summed E-state index contributed by atoms with van der Waals surface area (Å²) in [7, 11) is 0. The maximum absolute atomic E-state index is 12.6. The van der Waals surface area contributed by atoms with Crippen molar-refractivity contribution in [2.24, 2.45) is 5.92 Å². The second-order valence-corrected chi connectivity index (χ2v) is 6.04. The maximum atomic E-state index is 12.6. The molecule has 3 rings (SSSR count). The standard InChI is InChI=1S/C14H22N2O2/c1-9(11-6-7-11)16-10(2)13(17)15-8-4-3-5-12(15)14(16)18/h9-12H,3-8H2,1-2H3. The van der Waals surface area contributed by atoms with E-state index in [1.807, 2.05) is 16.7 Å². The van der Waals surface area contributed by atoms with Crippen molar-refractivity contribution >= 4 is 11.8 Å². The highest BCUT2D eigenvalue weighted by atomic mass is 16.2. The van der Waals surface area contributed by atoms with Gasteiger partial charge in [-0.25, -0.2) is 0 Å². The normalized spacial score (nSPS) is 34.6. The predicted octanol–water partition coefficient (Wildman–Crippen LogP) is 1.40. The van der Waals surface area contributed by atoms with E-state index in [0.717, 1.165) is 25.8 Å². The summed E-state index contributed by atoms with van der Waals surface area (Å²) >= 11 is 0. The quantitative estimate of drug-likeness (QED) is 0.743. The second kappa shape index (κ2) is 4.25. The predicted molar refractivity (Wildman–Crippen MR) is 67.8 cm³/mol. The summed E-state index contributed by atoms with van der Waals surface area (Å²) < 4.78 is 0. The molecule has 18 heavy (non-hydrogen) atoms. The molecule has 3 unspecified atom stereocenters. The summed E-state index contributed by atoms with van der Waals surface area (Å²) in [6.45, 7) is 4.77. The Bertz CT molecular complexity index is 378. The van der Waals surface area contributed by atoms with E-state index in [1.165, 1.54) is 12.8 Å². The van der Waals surface area contributed by atoms with Crippen molar-refractivity contribution in [3.63, 3.8) is 0 Å². The van der Waals surface area contributed by atoms with Gasteiger partial charge in [0.2, 0.25) is 11.8 Å². The van der Waals surface area contributed by atoms with Crippen molar-refractivity contribution in [3.8, 4) is 0 Å². The summed E-state index contributed by atoms with van der Waals surface area (Å²) in [5, 5.41) is 0. The van der Waals surface area contributed by atoms with Crippen LogP contribution in [0.15, 0.2) is 0 Å². The SMILES string of the molecule is CC1C(=O)N2CCCCC2C(=O)N1C(C)C1CC1. The zero-order chi connectivity index (χ0) is 12.9. The lowest BCUT2D eigenvalue weighted by Gasteiger charge is -2.48. The number of hydrogen-bond acceptors (Lipinski definition) is 2. The Morgan fingerprint density at radius 3 is 2.50 bits per heavy atom. The topological polar surface area (TPSA) is 40.6 Å². The Hall–Kier alpha value is -1.06. The minimum atomic E-state index is -0.262. The lowest BCUT2D eigenvalue weighted by molar-refractivity contribution is -0.165. The van der Waals surface area contributed by atoms with Crippen molar-refractivity contribution in [1.29, 1.82) is 0 Å². The molecule has 100 valence electrons. The number of rotatable bonds is 2. The Morgan fingerprint density at radius 2 is 1.83 bits per heavy atom. The molecule has 3 atom stereocenters. The van der Waals surface area contributed by atoms with Gasteiger partial charge in [-0.15, -0.1) is 0 Å². The third-order valence-corrected chi connectivity index (χ3v) is 4.84. The van der Waals surface area contributed by atoms with Crippen LogP contribution in [0.2, 0.25) is 0 Å². The Balaban J connectivity index is 1.85. The van der Waals surface area contributed by atoms with E-state index in [-0.39, 0.29) is 29.9 Å². The monoisotopic (exact) mass is 250 g/mol. The molecule has 0 bridgehead atoms. The van der Waals surface area contributed by atoms with Crippen LogP contribution in [-0.2, 0) is 9.59 Å². The van der Waals surface area contributed by atoms with Gasteiger partial charge in [0.25, 0.3) is 0 Å². The van der Waals surface area contributed by atoms with E-state index >= 15 is 0 Å². The number of nitrogens with zero attached hydrogens (tertiary/aromatic N) is 2. The van der Waals surface area contributed by atoms with Crippen LogP contribution in [0.25, 0.3) is 0 Å². The molecule has 0 aromatic rings. The lowest BCUT2D eigenvalue weighted by atomic mass is 9.94. The van der Waals surface area contributed by atoms with Gasteiger partial charge < -0.3 is 9.80 Å². The highest BCUT2D eigenvalue weighted by Gasteiger charge is 2.48. The highest BCUT2D eigenvalue weighted by molar-refractivity contribution is 5.97. The van der Waals surface area contributed by atoms with E-state index in [0.29, 0.717) is 5.92 Å². The second-order valence-electron chi connectivity index (χ2n) is 6.04. The van der Waals surface area contributed by atoms with E-state index in [1.54, 1.807) is 0 Å². The third kappa shape index (κ3) is 1.73. The van der Waals surface area contributed by atoms with Gasteiger partial charge in [-0.05, 0) is 51.9 Å². The van der Waals surface area contributed by atoms with Gasteiger partial charge in [0.1, 0.15) is 12.1 Å². The fourth-order valence-electron chi connectivity index (χ4n) is 3.53.